The summed E-state index contributed by atoms with van der Waals surface area (Å²) in [6.07, 6.45) is 1.02. The Balaban J connectivity index is 2.45. The molecule has 2 rings (SSSR count). The minimum absolute atomic E-state index is 0.259. The highest BCUT2D eigenvalue weighted by molar-refractivity contribution is 9.10. The van der Waals surface area contributed by atoms with Crippen LogP contribution in [-0.2, 0) is 0 Å². The van der Waals surface area contributed by atoms with E-state index < -0.39 is 0 Å². The topological polar surface area (TPSA) is 35.2 Å². The molecule has 0 spiro atoms. The Morgan fingerprint density at radius 3 is 2.71 bits per heavy atom. The molecule has 0 unspecified atom stereocenters. The monoisotopic (exact) mass is 275 g/mol. The summed E-state index contributed by atoms with van der Waals surface area (Å²) in [4.78, 5) is 0. The third kappa shape index (κ3) is 1.76. The molecule has 76 valence electrons. The lowest BCUT2D eigenvalue weighted by atomic mass is 10.1. The predicted molar refractivity (Wildman–Crippen MR) is 61.0 cm³/mol. The fourth-order valence-electron chi connectivity index (χ4n) is 1.64. The highest BCUT2D eigenvalue weighted by atomic mass is 79.9. The fraction of sp³-hybridized carbons (Fsp3) is 0.400. The number of hydrogen-bond donors (Lipinski definition) is 1. The summed E-state index contributed by atoms with van der Waals surface area (Å²) >= 11 is 9.40. The van der Waals surface area contributed by atoms with Crippen molar-refractivity contribution in [2.24, 2.45) is 5.73 Å². The van der Waals surface area contributed by atoms with Crippen LogP contribution in [-0.4, -0.2) is 13.2 Å². The van der Waals surface area contributed by atoms with Crippen molar-refractivity contribution in [3.63, 3.8) is 0 Å². The maximum atomic E-state index is 5.97. The van der Waals surface area contributed by atoms with Crippen LogP contribution in [0.4, 0.5) is 0 Å². The van der Waals surface area contributed by atoms with Gasteiger partial charge in [0.1, 0.15) is 5.75 Å². The molecule has 0 aliphatic heterocycles. The number of ether oxygens (including phenoxy) is 1. The molecular formula is C10H11BrClNO. The molecular weight excluding hydrogens is 265 g/mol. The molecule has 0 amide bonds. The van der Waals surface area contributed by atoms with Crippen molar-refractivity contribution in [3.05, 3.63) is 27.2 Å². The third-order valence-corrected chi connectivity index (χ3v) is 3.29. The smallest absolute Gasteiger partial charge is 0.136 e. The second-order valence-corrected chi connectivity index (χ2v) is 4.81. The second-order valence-electron chi connectivity index (χ2n) is 3.52. The summed E-state index contributed by atoms with van der Waals surface area (Å²) in [6.45, 7) is 0. The van der Waals surface area contributed by atoms with Crippen LogP contribution < -0.4 is 10.5 Å². The van der Waals surface area contributed by atoms with Gasteiger partial charge in [-0.05, 0) is 34.5 Å². The molecule has 0 aromatic heterocycles. The summed E-state index contributed by atoms with van der Waals surface area (Å²) in [7, 11) is 1.66. The normalized spacial score (nSPS) is 24.9. The summed E-state index contributed by atoms with van der Waals surface area (Å²) in [5.41, 5.74) is 6.92. The molecule has 1 aromatic carbocycles. The number of nitrogens with two attached hydrogens (primary N) is 1. The lowest BCUT2D eigenvalue weighted by molar-refractivity contribution is 0.407. The first-order valence-corrected chi connectivity index (χ1v) is 5.59. The Morgan fingerprint density at radius 1 is 1.57 bits per heavy atom. The van der Waals surface area contributed by atoms with Crippen molar-refractivity contribution in [3.8, 4) is 5.75 Å². The zero-order valence-electron chi connectivity index (χ0n) is 7.76. The molecule has 1 aliphatic carbocycles. The van der Waals surface area contributed by atoms with Gasteiger partial charge >= 0.3 is 0 Å². The molecule has 2 N–H and O–H groups in total. The Morgan fingerprint density at radius 2 is 2.21 bits per heavy atom. The molecule has 0 heterocycles. The Labute approximate surface area is 96.5 Å². The highest BCUT2D eigenvalue weighted by Crippen LogP contribution is 2.46. The van der Waals surface area contributed by atoms with E-state index in [0.29, 0.717) is 10.9 Å². The van der Waals surface area contributed by atoms with Crippen LogP contribution in [0.1, 0.15) is 17.9 Å². The number of halogens is 2. The number of benzene rings is 1. The van der Waals surface area contributed by atoms with Crippen LogP contribution in [0.15, 0.2) is 16.6 Å². The maximum Gasteiger partial charge on any atom is 0.136 e. The highest BCUT2D eigenvalue weighted by Gasteiger charge is 2.37. The van der Waals surface area contributed by atoms with Crippen LogP contribution in [0, 0.1) is 0 Å². The second kappa shape index (κ2) is 3.72. The van der Waals surface area contributed by atoms with Crippen LogP contribution in [0.2, 0.25) is 5.02 Å². The molecule has 2 nitrogen and oxygen atoms in total. The third-order valence-electron chi connectivity index (χ3n) is 2.48. The predicted octanol–water partition coefficient (Wildman–Crippen LogP) is 2.93. The SMILES string of the molecule is COc1c(Br)cc(Cl)cc1[C@@H]1C[C@H]1N. The van der Waals surface area contributed by atoms with Gasteiger partial charge in [-0.15, -0.1) is 0 Å². The molecule has 0 radical (unpaired) electrons. The maximum absolute atomic E-state index is 5.97. The van der Waals surface area contributed by atoms with E-state index in [1.54, 1.807) is 7.11 Å². The number of hydrogen-bond acceptors (Lipinski definition) is 2. The van der Waals surface area contributed by atoms with E-state index in [9.17, 15) is 0 Å². The largest absolute Gasteiger partial charge is 0.495 e. The summed E-state index contributed by atoms with van der Waals surface area (Å²) < 4.78 is 6.21. The Kier molecular flexibility index (Phi) is 2.73. The Bertz CT molecular complexity index is 369. The fourth-order valence-corrected chi connectivity index (χ4v) is 2.64. The van der Waals surface area contributed by atoms with E-state index in [1.165, 1.54) is 0 Å². The zero-order valence-corrected chi connectivity index (χ0v) is 10.1. The molecule has 1 saturated carbocycles. The molecule has 4 heteroatoms. The van der Waals surface area contributed by atoms with Gasteiger partial charge in [0, 0.05) is 22.5 Å². The van der Waals surface area contributed by atoms with Crippen molar-refractivity contribution in [1.82, 2.24) is 0 Å². The van der Waals surface area contributed by atoms with Gasteiger partial charge in [-0.2, -0.15) is 0 Å². The van der Waals surface area contributed by atoms with E-state index in [-0.39, 0.29) is 6.04 Å². The van der Waals surface area contributed by atoms with Crippen molar-refractivity contribution < 1.29 is 4.74 Å². The average molecular weight is 277 g/mol. The van der Waals surface area contributed by atoms with E-state index in [0.717, 1.165) is 22.2 Å². The minimum atomic E-state index is 0.259. The van der Waals surface area contributed by atoms with Crippen LogP contribution >= 0.6 is 27.5 Å². The minimum Gasteiger partial charge on any atom is -0.495 e. The van der Waals surface area contributed by atoms with E-state index in [1.807, 2.05) is 12.1 Å². The van der Waals surface area contributed by atoms with Crippen molar-refractivity contribution in [2.45, 2.75) is 18.4 Å². The zero-order chi connectivity index (χ0) is 10.3. The average Bonchev–Trinajstić information content (AvgIpc) is 2.81. The molecule has 0 saturated heterocycles. The lowest BCUT2D eigenvalue weighted by Gasteiger charge is -2.10. The quantitative estimate of drug-likeness (QED) is 0.901. The van der Waals surface area contributed by atoms with E-state index in [2.05, 4.69) is 15.9 Å². The molecule has 0 bridgehead atoms. The van der Waals surface area contributed by atoms with Gasteiger partial charge in [-0.3, -0.25) is 0 Å². The molecule has 1 aromatic rings. The summed E-state index contributed by atoms with van der Waals surface area (Å²) in [5, 5.41) is 0.715. The first-order chi connectivity index (χ1) is 6.63. The van der Waals surface area contributed by atoms with Crippen molar-refractivity contribution in [2.75, 3.05) is 7.11 Å². The van der Waals surface area contributed by atoms with Gasteiger partial charge < -0.3 is 10.5 Å². The van der Waals surface area contributed by atoms with Gasteiger partial charge in [-0.25, -0.2) is 0 Å². The van der Waals surface area contributed by atoms with Gasteiger partial charge in [0.15, 0.2) is 0 Å². The van der Waals surface area contributed by atoms with E-state index >= 15 is 0 Å². The molecule has 2 atom stereocenters. The van der Waals surface area contributed by atoms with Gasteiger partial charge in [-0.1, -0.05) is 11.6 Å². The van der Waals surface area contributed by atoms with Crippen LogP contribution in [0.5, 0.6) is 5.75 Å². The lowest BCUT2D eigenvalue weighted by Crippen LogP contribution is -2.02. The van der Waals surface area contributed by atoms with Crippen LogP contribution in [0.3, 0.4) is 0 Å². The number of rotatable bonds is 2. The number of methoxy groups -OCH3 is 1. The van der Waals surface area contributed by atoms with Gasteiger partial charge in [0.05, 0.1) is 11.6 Å². The van der Waals surface area contributed by atoms with Gasteiger partial charge in [0.25, 0.3) is 0 Å². The summed E-state index contributed by atoms with van der Waals surface area (Å²) in [5.74, 6) is 1.26. The summed E-state index contributed by atoms with van der Waals surface area (Å²) in [6, 6.07) is 4.02. The molecule has 14 heavy (non-hydrogen) atoms. The van der Waals surface area contributed by atoms with Crippen molar-refractivity contribution >= 4 is 27.5 Å². The van der Waals surface area contributed by atoms with Gasteiger partial charge in [0.2, 0.25) is 0 Å². The van der Waals surface area contributed by atoms with E-state index in [4.69, 9.17) is 22.1 Å². The Hall–Kier alpha value is -0.250. The molecule has 1 fully saturated rings. The first-order valence-electron chi connectivity index (χ1n) is 4.42. The molecule has 1 aliphatic rings. The first kappa shape index (κ1) is 10.3. The van der Waals surface area contributed by atoms with Crippen LogP contribution in [0.25, 0.3) is 0 Å². The van der Waals surface area contributed by atoms with Crippen molar-refractivity contribution in [1.29, 1.82) is 0 Å². The standard InChI is InChI=1S/C10H11BrClNO/c1-14-10-7(6-4-9(6)13)2-5(12)3-8(10)11/h2-3,6,9H,4,13H2,1H3/t6-,9+/m0/s1.